The van der Waals surface area contributed by atoms with Gasteiger partial charge in [-0.3, -0.25) is 4.90 Å². The van der Waals surface area contributed by atoms with Gasteiger partial charge in [0.15, 0.2) is 0 Å². The molecule has 3 N–H and O–H groups in total. The molecule has 34 heavy (non-hydrogen) atoms. The van der Waals surface area contributed by atoms with Crippen molar-refractivity contribution in [2.75, 3.05) is 42.7 Å². The maximum atomic E-state index is 6.29. The van der Waals surface area contributed by atoms with E-state index in [1.54, 1.807) is 7.11 Å². The molecule has 0 spiro atoms. The van der Waals surface area contributed by atoms with Gasteiger partial charge in [0.05, 0.1) is 12.1 Å². The van der Waals surface area contributed by atoms with E-state index in [0.29, 0.717) is 47.2 Å². The van der Waals surface area contributed by atoms with Crippen LogP contribution in [0, 0.1) is 0 Å². The minimum atomic E-state index is 0.413. The van der Waals surface area contributed by atoms with Crippen molar-refractivity contribution >= 4 is 29.4 Å². The predicted molar refractivity (Wildman–Crippen MR) is 139 cm³/mol. The quantitative estimate of drug-likeness (QED) is 0.395. The number of ether oxygens (including phenoxy) is 1. The van der Waals surface area contributed by atoms with Crippen LogP contribution in [0.25, 0.3) is 0 Å². The molecule has 8 nitrogen and oxygen atoms in total. The number of hydrogen-bond acceptors (Lipinski definition) is 8. The van der Waals surface area contributed by atoms with Crippen molar-refractivity contribution in [3.05, 3.63) is 28.8 Å². The fourth-order valence-corrected chi connectivity index (χ4v) is 5.24. The summed E-state index contributed by atoms with van der Waals surface area (Å²) < 4.78 is 5.25. The van der Waals surface area contributed by atoms with E-state index in [4.69, 9.17) is 21.3 Å². The second kappa shape index (κ2) is 12.4. The van der Waals surface area contributed by atoms with Gasteiger partial charge in [-0.2, -0.15) is 15.0 Å². The predicted octanol–water partition coefficient (Wildman–Crippen LogP) is 5.18. The average molecular weight is 488 g/mol. The molecule has 2 aliphatic rings. The van der Waals surface area contributed by atoms with E-state index in [1.165, 1.54) is 45.1 Å². The number of halogens is 1. The molecule has 0 bridgehead atoms. The van der Waals surface area contributed by atoms with Gasteiger partial charge in [0.1, 0.15) is 5.75 Å². The third-order valence-electron chi connectivity index (χ3n) is 6.89. The molecule has 9 heteroatoms. The van der Waals surface area contributed by atoms with Crippen molar-refractivity contribution in [2.24, 2.45) is 0 Å². The standard InChI is InChI=1S/C25H38ClN7O/c1-3-33-14-8-11-20(33)17-28-24-30-23(27-16-18-12-13-22(34-2)21(26)15-18)31-25(32-24)29-19-9-6-4-5-7-10-19/h12-13,15,19-20H,3-11,14,16-17H2,1-2H3,(H3,27,28,29,30,31,32). The van der Waals surface area contributed by atoms with Crippen LogP contribution < -0.4 is 20.7 Å². The van der Waals surface area contributed by atoms with Crippen molar-refractivity contribution in [1.82, 2.24) is 19.9 Å². The highest BCUT2D eigenvalue weighted by atomic mass is 35.5. The van der Waals surface area contributed by atoms with Gasteiger partial charge in [0.25, 0.3) is 0 Å². The molecule has 186 valence electrons. The van der Waals surface area contributed by atoms with E-state index in [-0.39, 0.29) is 0 Å². The number of rotatable bonds is 10. The maximum Gasteiger partial charge on any atom is 0.229 e. The lowest BCUT2D eigenvalue weighted by atomic mass is 10.1. The van der Waals surface area contributed by atoms with Crippen molar-refractivity contribution < 1.29 is 4.74 Å². The van der Waals surface area contributed by atoms with Gasteiger partial charge in [-0.25, -0.2) is 0 Å². The van der Waals surface area contributed by atoms with Crippen LogP contribution in [0.2, 0.25) is 5.02 Å². The highest BCUT2D eigenvalue weighted by Gasteiger charge is 2.23. The van der Waals surface area contributed by atoms with E-state index < -0.39 is 0 Å². The topological polar surface area (TPSA) is 87.2 Å². The molecule has 2 fully saturated rings. The average Bonchev–Trinajstić information content (AvgIpc) is 3.16. The Morgan fingerprint density at radius 1 is 0.971 bits per heavy atom. The second-order valence-corrected chi connectivity index (χ2v) is 9.67. The molecule has 4 rings (SSSR count). The van der Waals surface area contributed by atoms with E-state index in [9.17, 15) is 0 Å². The molecule has 0 radical (unpaired) electrons. The Morgan fingerprint density at radius 3 is 2.41 bits per heavy atom. The number of anilines is 3. The number of nitrogens with one attached hydrogen (secondary N) is 3. The Kier molecular flexibility index (Phi) is 9.04. The van der Waals surface area contributed by atoms with Crippen molar-refractivity contribution in [2.45, 2.75) is 76.9 Å². The molecule has 2 aromatic rings. The van der Waals surface area contributed by atoms with Gasteiger partial charge in [0, 0.05) is 25.2 Å². The minimum absolute atomic E-state index is 0.413. The first-order valence-corrected chi connectivity index (χ1v) is 13.1. The monoisotopic (exact) mass is 487 g/mol. The number of aromatic nitrogens is 3. The highest BCUT2D eigenvalue weighted by molar-refractivity contribution is 6.32. The summed E-state index contributed by atoms with van der Waals surface area (Å²) >= 11 is 6.29. The Balaban J connectivity index is 1.46. The van der Waals surface area contributed by atoms with Crippen LogP contribution in [0.5, 0.6) is 5.75 Å². The fourth-order valence-electron chi connectivity index (χ4n) is 4.96. The Bertz CT molecular complexity index is 920. The van der Waals surface area contributed by atoms with Crippen LogP contribution in [0.15, 0.2) is 18.2 Å². The summed E-state index contributed by atoms with van der Waals surface area (Å²) in [6.07, 6.45) is 9.93. The Hall–Kier alpha value is -2.32. The van der Waals surface area contributed by atoms with Gasteiger partial charge in [-0.15, -0.1) is 0 Å². The molecule has 1 aromatic carbocycles. The first kappa shape index (κ1) is 24.8. The maximum absolute atomic E-state index is 6.29. The van der Waals surface area contributed by atoms with Gasteiger partial charge in [-0.1, -0.05) is 50.3 Å². The van der Waals surface area contributed by atoms with Crippen LogP contribution in [0.1, 0.15) is 63.9 Å². The van der Waals surface area contributed by atoms with E-state index in [2.05, 4.69) is 37.7 Å². The molecule has 1 unspecified atom stereocenters. The Morgan fingerprint density at radius 2 is 1.71 bits per heavy atom. The summed E-state index contributed by atoms with van der Waals surface area (Å²) in [6, 6.07) is 6.70. The molecule has 1 saturated heterocycles. The lowest BCUT2D eigenvalue weighted by Gasteiger charge is -2.23. The minimum Gasteiger partial charge on any atom is -0.495 e. The number of benzene rings is 1. The molecule has 2 heterocycles. The number of likely N-dealkylation sites (N-methyl/N-ethyl adjacent to an activating group) is 1. The smallest absolute Gasteiger partial charge is 0.229 e. The van der Waals surface area contributed by atoms with Crippen LogP contribution in [-0.4, -0.2) is 58.7 Å². The second-order valence-electron chi connectivity index (χ2n) is 9.27. The molecule has 1 atom stereocenters. The summed E-state index contributed by atoms with van der Waals surface area (Å²) in [7, 11) is 1.62. The van der Waals surface area contributed by atoms with Gasteiger partial charge >= 0.3 is 0 Å². The van der Waals surface area contributed by atoms with Crippen LogP contribution >= 0.6 is 11.6 Å². The summed E-state index contributed by atoms with van der Waals surface area (Å²) in [5.74, 6) is 2.47. The summed E-state index contributed by atoms with van der Waals surface area (Å²) in [6.45, 7) is 5.88. The van der Waals surface area contributed by atoms with Gasteiger partial charge in [0.2, 0.25) is 17.8 Å². The number of likely N-dealkylation sites (tertiary alicyclic amines) is 1. The lowest BCUT2D eigenvalue weighted by Crippen LogP contribution is -2.35. The molecular formula is C25H38ClN7O. The van der Waals surface area contributed by atoms with Gasteiger partial charge < -0.3 is 20.7 Å². The van der Waals surface area contributed by atoms with Crippen molar-refractivity contribution in [3.8, 4) is 5.75 Å². The molecule has 0 amide bonds. The number of hydrogen-bond donors (Lipinski definition) is 3. The Labute approximate surface area is 208 Å². The van der Waals surface area contributed by atoms with E-state index in [0.717, 1.165) is 31.5 Å². The van der Waals surface area contributed by atoms with Crippen molar-refractivity contribution in [1.29, 1.82) is 0 Å². The zero-order valence-corrected chi connectivity index (χ0v) is 21.2. The summed E-state index contributed by atoms with van der Waals surface area (Å²) in [5, 5.41) is 11.0. The molecule has 1 aromatic heterocycles. The molecule has 1 aliphatic heterocycles. The number of methoxy groups -OCH3 is 1. The molecule has 1 saturated carbocycles. The van der Waals surface area contributed by atoms with Crippen molar-refractivity contribution in [3.63, 3.8) is 0 Å². The third kappa shape index (κ3) is 6.85. The normalized spacial score (nSPS) is 19.6. The largest absolute Gasteiger partial charge is 0.495 e. The SMILES string of the molecule is CCN1CCCC1CNc1nc(NCc2ccc(OC)c(Cl)c2)nc(NC2CCCCCC2)n1. The lowest BCUT2D eigenvalue weighted by molar-refractivity contribution is 0.277. The van der Waals surface area contributed by atoms with Crippen LogP contribution in [0.4, 0.5) is 17.8 Å². The molecular weight excluding hydrogens is 450 g/mol. The first-order chi connectivity index (χ1) is 16.6. The van der Waals surface area contributed by atoms with E-state index in [1.807, 2.05) is 18.2 Å². The summed E-state index contributed by atoms with van der Waals surface area (Å²) in [4.78, 5) is 16.6. The third-order valence-corrected chi connectivity index (χ3v) is 7.19. The zero-order chi connectivity index (χ0) is 23.8. The van der Waals surface area contributed by atoms with Crippen LogP contribution in [0.3, 0.4) is 0 Å². The highest BCUT2D eigenvalue weighted by Crippen LogP contribution is 2.26. The first-order valence-electron chi connectivity index (χ1n) is 12.7. The van der Waals surface area contributed by atoms with Crippen LogP contribution in [-0.2, 0) is 6.54 Å². The molecule has 1 aliphatic carbocycles. The summed E-state index contributed by atoms with van der Waals surface area (Å²) in [5.41, 5.74) is 1.03. The fraction of sp³-hybridized carbons (Fsp3) is 0.640. The number of nitrogens with zero attached hydrogens (tertiary/aromatic N) is 4. The zero-order valence-electron chi connectivity index (χ0n) is 20.4. The van der Waals surface area contributed by atoms with Gasteiger partial charge in [-0.05, 0) is 56.5 Å². The van der Waals surface area contributed by atoms with E-state index >= 15 is 0 Å².